The molecule has 0 aromatic heterocycles. The first-order valence-corrected chi connectivity index (χ1v) is 7.16. The van der Waals surface area contributed by atoms with Crippen molar-refractivity contribution >= 4 is 6.03 Å². The lowest BCUT2D eigenvalue weighted by Crippen LogP contribution is -2.60. The summed E-state index contributed by atoms with van der Waals surface area (Å²) in [7, 11) is 3.64. The van der Waals surface area contributed by atoms with Crippen molar-refractivity contribution in [1.82, 2.24) is 9.80 Å². The Morgan fingerprint density at radius 3 is 2.28 bits per heavy atom. The van der Waals surface area contributed by atoms with Gasteiger partial charge in [-0.15, -0.1) is 0 Å². The van der Waals surface area contributed by atoms with E-state index in [4.69, 9.17) is 5.73 Å². The van der Waals surface area contributed by atoms with Gasteiger partial charge in [0.15, 0.2) is 0 Å². The predicted octanol–water partition coefficient (Wildman–Crippen LogP) is 2.29. The molecule has 1 aliphatic carbocycles. The van der Waals surface area contributed by atoms with Crippen LogP contribution in [-0.2, 0) is 0 Å². The van der Waals surface area contributed by atoms with Crippen molar-refractivity contribution in [1.29, 1.82) is 0 Å². The molecule has 0 saturated heterocycles. The highest BCUT2D eigenvalue weighted by Gasteiger charge is 2.41. The second kappa shape index (κ2) is 6.41. The van der Waals surface area contributed by atoms with Gasteiger partial charge in [-0.25, -0.2) is 4.79 Å². The largest absolute Gasteiger partial charge is 0.331 e. The van der Waals surface area contributed by atoms with E-state index >= 15 is 0 Å². The van der Waals surface area contributed by atoms with Crippen LogP contribution in [0.2, 0.25) is 0 Å². The topological polar surface area (TPSA) is 49.6 Å². The number of hydrogen-bond acceptors (Lipinski definition) is 2. The molecule has 0 aromatic rings. The van der Waals surface area contributed by atoms with Crippen LogP contribution in [0.5, 0.6) is 0 Å². The fourth-order valence-corrected chi connectivity index (χ4v) is 2.88. The summed E-state index contributed by atoms with van der Waals surface area (Å²) in [6, 6.07) is 0.108. The molecular formula is C14H29N3O. The molecule has 0 radical (unpaired) electrons. The summed E-state index contributed by atoms with van der Waals surface area (Å²) in [6.45, 7) is 5.80. The highest BCUT2D eigenvalue weighted by atomic mass is 16.2. The lowest BCUT2D eigenvalue weighted by atomic mass is 9.76. The molecule has 0 aromatic carbocycles. The standard InChI is InChI=1S/C14H29N3O/c1-5-10-17(13(18)16(3)4)14(11-15)8-6-12(2)7-9-14/h12H,5-11,15H2,1-4H3. The molecule has 0 spiro atoms. The molecule has 2 amide bonds. The summed E-state index contributed by atoms with van der Waals surface area (Å²) < 4.78 is 0. The second-order valence-corrected chi connectivity index (χ2v) is 5.94. The highest BCUT2D eigenvalue weighted by molar-refractivity contribution is 5.74. The molecular weight excluding hydrogens is 226 g/mol. The van der Waals surface area contributed by atoms with Crippen LogP contribution in [0.3, 0.4) is 0 Å². The van der Waals surface area contributed by atoms with Gasteiger partial charge in [-0.05, 0) is 38.0 Å². The fourth-order valence-electron chi connectivity index (χ4n) is 2.88. The minimum atomic E-state index is -0.107. The van der Waals surface area contributed by atoms with Gasteiger partial charge in [0.25, 0.3) is 0 Å². The third kappa shape index (κ3) is 3.16. The van der Waals surface area contributed by atoms with E-state index in [9.17, 15) is 4.79 Å². The van der Waals surface area contributed by atoms with E-state index in [0.717, 1.165) is 31.7 Å². The van der Waals surface area contributed by atoms with Gasteiger partial charge < -0.3 is 15.5 Å². The van der Waals surface area contributed by atoms with Gasteiger partial charge in [0.2, 0.25) is 0 Å². The number of amides is 2. The normalized spacial score (nSPS) is 27.9. The van der Waals surface area contributed by atoms with Crippen LogP contribution in [0.15, 0.2) is 0 Å². The smallest absolute Gasteiger partial charge is 0.319 e. The Hall–Kier alpha value is -0.770. The first-order chi connectivity index (χ1) is 8.46. The molecule has 0 bridgehead atoms. The number of rotatable bonds is 4. The maximum Gasteiger partial charge on any atom is 0.319 e. The Morgan fingerprint density at radius 1 is 1.33 bits per heavy atom. The Labute approximate surface area is 111 Å². The van der Waals surface area contributed by atoms with Crippen LogP contribution in [0.1, 0.15) is 46.0 Å². The van der Waals surface area contributed by atoms with Gasteiger partial charge in [-0.2, -0.15) is 0 Å². The van der Waals surface area contributed by atoms with E-state index in [2.05, 4.69) is 13.8 Å². The first kappa shape index (κ1) is 15.3. The molecule has 0 unspecified atom stereocenters. The SMILES string of the molecule is CCCN(C(=O)N(C)C)C1(CN)CCC(C)CC1. The Morgan fingerprint density at radius 2 is 1.89 bits per heavy atom. The first-order valence-electron chi connectivity index (χ1n) is 7.16. The molecule has 0 heterocycles. The van der Waals surface area contributed by atoms with Crippen molar-refractivity contribution in [3.8, 4) is 0 Å². The highest BCUT2D eigenvalue weighted by Crippen LogP contribution is 2.36. The lowest BCUT2D eigenvalue weighted by molar-refractivity contribution is 0.0589. The molecule has 1 fully saturated rings. The zero-order valence-electron chi connectivity index (χ0n) is 12.4. The zero-order chi connectivity index (χ0) is 13.8. The van der Waals surface area contributed by atoms with Crippen LogP contribution in [0.4, 0.5) is 4.79 Å². The molecule has 1 rings (SSSR count). The van der Waals surface area contributed by atoms with E-state index < -0.39 is 0 Å². The van der Waals surface area contributed by atoms with Crippen molar-refractivity contribution in [2.45, 2.75) is 51.5 Å². The van der Waals surface area contributed by atoms with Crippen LogP contribution in [0, 0.1) is 5.92 Å². The van der Waals surface area contributed by atoms with Crippen molar-refractivity contribution in [3.05, 3.63) is 0 Å². The average molecular weight is 255 g/mol. The fraction of sp³-hybridized carbons (Fsp3) is 0.929. The van der Waals surface area contributed by atoms with Crippen LogP contribution < -0.4 is 5.73 Å². The molecule has 18 heavy (non-hydrogen) atoms. The quantitative estimate of drug-likeness (QED) is 0.838. The van der Waals surface area contributed by atoms with Crippen molar-refractivity contribution < 1.29 is 4.79 Å². The van der Waals surface area contributed by atoms with E-state index in [1.54, 1.807) is 4.90 Å². The second-order valence-electron chi connectivity index (χ2n) is 5.94. The minimum absolute atomic E-state index is 0.107. The summed E-state index contributed by atoms with van der Waals surface area (Å²) in [5.41, 5.74) is 5.93. The monoisotopic (exact) mass is 255 g/mol. The van der Waals surface area contributed by atoms with Crippen LogP contribution >= 0.6 is 0 Å². The minimum Gasteiger partial charge on any atom is -0.331 e. The number of carbonyl (C=O) groups is 1. The van der Waals surface area contributed by atoms with Gasteiger partial charge in [-0.3, -0.25) is 0 Å². The number of nitrogens with zero attached hydrogens (tertiary/aromatic N) is 2. The lowest BCUT2D eigenvalue weighted by Gasteiger charge is -2.48. The average Bonchev–Trinajstić information content (AvgIpc) is 2.37. The third-order valence-corrected chi connectivity index (χ3v) is 4.22. The van der Waals surface area contributed by atoms with Gasteiger partial charge in [0, 0.05) is 27.2 Å². The van der Waals surface area contributed by atoms with E-state index in [1.807, 2.05) is 19.0 Å². The zero-order valence-corrected chi connectivity index (χ0v) is 12.4. The van der Waals surface area contributed by atoms with E-state index in [1.165, 1.54) is 12.8 Å². The van der Waals surface area contributed by atoms with Gasteiger partial charge >= 0.3 is 6.03 Å². The summed E-state index contributed by atoms with van der Waals surface area (Å²) in [6.07, 6.45) is 5.43. The molecule has 4 heteroatoms. The predicted molar refractivity (Wildman–Crippen MR) is 75.5 cm³/mol. The summed E-state index contributed by atoms with van der Waals surface area (Å²) in [4.78, 5) is 16.1. The molecule has 0 aliphatic heterocycles. The molecule has 1 aliphatic rings. The maximum atomic E-state index is 12.4. The Balaban J connectivity index is 2.89. The number of nitrogens with two attached hydrogens (primary N) is 1. The van der Waals surface area contributed by atoms with E-state index in [-0.39, 0.29) is 11.6 Å². The van der Waals surface area contributed by atoms with Crippen LogP contribution in [-0.4, -0.2) is 48.6 Å². The van der Waals surface area contributed by atoms with Crippen LogP contribution in [0.25, 0.3) is 0 Å². The van der Waals surface area contributed by atoms with Crippen molar-refractivity contribution in [2.75, 3.05) is 27.2 Å². The summed E-state index contributed by atoms with van der Waals surface area (Å²) in [5, 5.41) is 0. The molecule has 0 atom stereocenters. The van der Waals surface area contributed by atoms with Gasteiger partial charge in [-0.1, -0.05) is 13.8 Å². The Bertz CT molecular complexity index is 270. The van der Waals surface area contributed by atoms with Gasteiger partial charge in [0.1, 0.15) is 0 Å². The molecule has 2 N–H and O–H groups in total. The number of hydrogen-bond donors (Lipinski definition) is 1. The van der Waals surface area contributed by atoms with Gasteiger partial charge in [0.05, 0.1) is 5.54 Å². The summed E-state index contributed by atoms with van der Waals surface area (Å²) in [5.74, 6) is 0.766. The Kier molecular flexibility index (Phi) is 5.45. The van der Waals surface area contributed by atoms with E-state index in [0.29, 0.717) is 6.54 Å². The number of urea groups is 1. The molecule has 106 valence electrons. The molecule has 4 nitrogen and oxygen atoms in total. The molecule has 1 saturated carbocycles. The van der Waals surface area contributed by atoms with Crippen molar-refractivity contribution in [2.24, 2.45) is 11.7 Å². The van der Waals surface area contributed by atoms with Crippen molar-refractivity contribution in [3.63, 3.8) is 0 Å². The number of carbonyl (C=O) groups excluding carboxylic acids is 1. The third-order valence-electron chi connectivity index (χ3n) is 4.22. The maximum absolute atomic E-state index is 12.4. The summed E-state index contributed by atoms with van der Waals surface area (Å²) >= 11 is 0.